The van der Waals surface area contributed by atoms with E-state index in [1.54, 1.807) is 17.5 Å². The van der Waals surface area contributed by atoms with E-state index < -0.39 is 0 Å². The topological polar surface area (TPSA) is 57.3 Å². The lowest BCUT2D eigenvalue weighted by Crippen LogP contribution is -2.36. The first kappa shape index (κ1) is 17.6. The number of nitrogens with one attached hydrogen (secondary N) is 2. The van der Waals surface area contributed by atoms with E-state index in [2.05, 4.69) is 21.7 Å². The first-order chi connectivity index (χ1) is 13.2. The number of rotatable bonds is 5. The third kappa shape index (κ3) is 3.84. The van der Waals surface area contributed by atoms with Crippen LogP contribution in [0.5, 0.6) is 0 Å². The summed E-state index contributed by atoms with van der Waals surface area (Å²) in [6.45, 7) is 0.173. The van der Waals surface area contributed by atoms with Crippen LogP contribution in [0.2, 0.25) is 0 Å². The molecule has 0 bridgehead atoms. The molecule has 2 N–H and O–H groups in total. The highest BCUT2D eigenvalue weighted by atomic mass is 32.1. The second-order valence-corrected chi connectivity index (χ2v) is 7.55. The molecule has 1 aliphatic heterocycles. The van der Waals surface area contributed by atoms with Gasteiger partial charge in [-0.25, -0.2) is 0 Å². The highest BCUT2D eigenvalue weighted by molar-refractivity contribution is 7.80. The molecular formula is C20H18N4OS2. The van der Waals surface area contributed by atoms with Crippen LogP contribution in [0.3, 0.4) is 0 Å². The third-order valence-electron chi connectivity index (χ3n) is 4.40. The zero-order chi connectivity index (χ0) is 18.6. The van der Waals surface area contributed by atoms with Crippen molar-refractivity contribution >= 4 is 40.3 Å². The summed E-state index contributed by atoms with van der Waals surface area (Å²) in [5.41, 5.74) is 1.68. The van der Waals surface area contributed by atoms with Gasteiger partial charge in [0.15, 0.2) is 5.11 Å². The zero-order valence-corrected chi connectivity index (χ0v) is 16.0. The van der Waals surface area contributed by atoms with Crippen LogP contribution in [0.25, 0.3) is 0 Å². The smallest absolute Gasteiger partial charge is 0.244 e. The summed E-state index contributed by atoms with van der Waals surface area (Å²) in [4.78, 5) is 20.2. The molecule has 1 aliphatic rings. The molecule has 1 aromatic carbocycles. The summed E-state index contributed by atoms with van der Waals surface area (Å²) in [6, 6.07) is 19.2. The number of benzene rings is 1. The minimum Gasteiger partial charge on any atom is -0.352 e. The van der Waals surface area contributed by atoms with Crippen molar-refractivity contribution in [3.8, 4) is 0 Å². The number of thiophene rings is 1. The van der Waals surface area contributed by atoms with Crippen LogP contribution in [0.4, 0.5) is 5.69 Å². The Morgan fingerprint density at radius 1 is 1.15 bits per heavy atom. The van der Waals surface area contributed by atoms with E-state index >= 15 is 0 Å². The largest absolute Gasteiger partial charge is 0.352 e. The van der Waals surface area contributed by atoms with Gasteiger partial charge in [0.05, 0.1) is 17.8 Å². The van der Waals surface area contributed by atoms with Gasteiger partial charge in [-0.15, -0.1) is 11.3 Å². The van der Waals surface area contributed by atoms with Crippen LogP contribution in [0, 0.1) is 0 Å². The van der Waals surface area contributed by atoms with Crippen LogP contribution in [0.15, 0.2) is 72.2 Å². The molecule has 1 saturated heterocycles. The second kappa shape index (κ2) is 7.85. The molecule has 2 aromatic heterocycles. The minimum absolute atomic E-state index is 0.0751. The fourth-order valence-electron chi connectivity index (χ4n) is 3.22. The van der Waals surface area contributed by atoms with Crippen LogP contribution >= 0.6 is 23.6 Å². The second-order valence-electron chi connectivity index (χ2n) is 6.18. The molecule has 136 valence electrons. The van der Waals surface area contributed by atoms with Crippen molar-refractivity contribution in [2.75, 3.05) is 11.9 Å². The lowest BCUT2D eigenvalue weighted by atomic mass is 10.0. The highest BCUT2D eigenvalue weighted by Crippen LogP contribution is 2.40. The zero-order valence-electron chi connectivity index (χ0n) is 14.4. The van der Waals surface area contributed by atoms with Crippen molar-refractivity contribution in [2.45, 2.75) is 12.1 Å². The quantitative estimate of drug-likeness (QED) is 0.646. The molecule has 5 nitrogen and oxygen atoms in total. The van der Waals surface area contributed by atoms with Crippen molar-refractivity contribution < 1.29 is 4.79 Å². The van der Waals surface area contributed by atoms with E-state index in [1.165, 1.54) is 0 Å². The highest BCUT2D eigenvalue weighted by Gasteiger charge is 2.41. The Balaban J connectivity index is 1.58. The Hall–Kier alpha value is -2.77. The van der Waals surface area contributed by atoms with Crippen molar-refractivity contribution in [1.29, 1.82) is 0 Å². The Kier molecular flexibility index (Phi) is 5.13. The molecule has 3 aromatic rings. The lowest BCUT2D eigenvalue weighted by molar-refractivity contribution is -0.116. The average Bonchev–Trinajstić information content (AvgIpc) is 3.32. The maximum absolute atomic E-state index is 12.6. The molecule has 2 atom stereocenters. The molecule has 0 radical (unpaired) electrons. The number of carbonyl (C=O) groups excluding carboxylic acids is 1. The number of nitrogens with zero attached hydrogens (tertiary/aromatic N) is 2. The average molecular weight is 395 g/mol. The van der Waals surface area contributed by atoms with Gasteiger partial charge in [-0.2, -0.15) is 0 Å². The summed E-state index contributed by atoms with van der Waals surface area (Å²) in [5, 5.41) is 8.88. The van der Waals surface area contributed by atoms with Crippen molar-refractivity contribution in [3.63, 3.8) is 0 Å². The fraction of sp³-hybridized carbons (Fsp3) is 0.150. The fourth-order valence-corrected chi connectivity index (χ4v) is 4.40. The molecular weight excluding hydrogens is 376 g/mol. The molecule has 1 fully saturated rings. The summed E-state index contributed by atoms with van der Waals surface area (Å²) >= 11 is 7.22. The van der Waals surface area contributed by atoms with Gasteiger partial charge in [0.1, 0.15) is 6.54 Å². The number of thiocarbonyl (C=S) groups is 1. The molecule has 0 spiro atoms. The normalized spacial score (nSPS) is 19.0. The van der Waals surface area contributed by atoms with Crippen molar-refractivity contribution in [3.05, 3.63) is 82.8 Å². The monoisotopic (exact) mass is 394 g/mol. The van der Waals surface area contributed by atoms with Gasteiger partial charge >= 0.3 is 0 Å². The number of amides is 1. The third-order valence-corrected chi connectivity index (χ3v) is 5.70. The van der Waals surface area contributed by atoms with E-state index in [0.29, 0.717) is 5.11 Å². The summed E-state index contributed by atoms with van der Waals surface area (Å²) < 4.78 is 0. The molecule has 3 heterocycles. The maximum Gasteiger partial charge on any atom is 0.244 e. The Bertz CT molecular complexity index is 916. The van der Waals surface area contributed by atoms with Gasteiger partial charge in [-0.3, -0.25) is 9.78 Å². The van der Waals surface area contributed by atoms with Crippen molar-refractivity contribution in [2.24, 2.45) is 0 Å². The molecule has 0 saturated carbocycles. The van der Waals surface area contributed by atoms with Gasteiger partial charge in [-0.05, 0) is 47.9 Å². The van der Waals surface area contributed by atoms with E-state index in [0.717, 1.165) is 16.3 Å². The Morgan fingerprint density at radius 2 is 1.96 bits per heavy atom. The van der Waals surface area contributed by atoms with Gasteiger partial charge < -0.3 is 15.5 Å². The SMILES string of the molecule is O=C(CN1C(=S)N[C@H](c2ccccn2)[C@@H]1c1cccs1)Nc1ccccc1. The molecule has 27 heavy (non-hydrogen) atoms. The van der Waals surface area contributed by atoms with Crippen LogP contribution < -0.4 is 10.6 Å². The molecule has 7 heteroatoms. The molecule has 1 amide bonds. The van der Waals surface area contributed by atoms with Gasteiger partial charge in [-0.1, -0.05) is 30.3 Å². The molecule has 0 aliphatic carbocycles. The van der Waals surface area contributed by atoms with Gasteiger partial charge in [0.25, 0.3) is 0 Å². The Morgan fingerprint density at radius 3 is 2.67 bits per heavy atom. The predicted molar refractivity (Wildman–Crippen MR) is 112 cm³/mol. The number of aromatic nitrogens is 1. The van der Waals surface area contributed by atoms with Crippen molar-refractivity contribution in [1.82, 2.24) is 15.2 Å². The van der Waals surface area contributed by atoms with E-state index in [-0.39, 0.29) is 24.5 Å². The molecule has 0 unspecified atom stereocenters. The summed E-state index contributed by atoms with van der Waals surface area (Å²) in [5.74, 6) is -0.103. The number of anilines is 1. The number of carbonyl (C=O) groups is 1. The van der Waals surface area contributed by atoms with E-state index in [1.807, 2.05) is 64.9 Å². The number of pyridine rings is 1. The number of hydrogen-bond acceptors (Lipinski definition) is 4. The maximum atomic E-state index is 12.6. The van der Waals surface area contributed by atoms with Crippen LogP contribution in [0.1, 0.15) is 22.7 Å². The minimum atomic E-state index is -0.103. The first-order valence-electron chi connectivity index (χ1n) is 8.59. The van der Waals surface area contributed by atoms with Gasteiger partial charge in [0, 0.05) is 16.8 Å². The summed E-state index contributed by atoms with van der Waals surface area (Å²) in [7, 11) is 0. The van der Waals surface area contributed by atoms with Crippen LogP contribution in [-0.2, 0) is 4.79 Å². The number of hydrogen-bond donors (Lipinski definition) is 2. The standard InChI is InChI=1S/C20H18N4OS2/c25-17(22-14-7-2-1-3-8-14)13-24-19(16-10-6-12-27-16)18(23-20(24)26)15-9-4-5-11-21-15/h1-12,18-19H,13H2,(H,22,25)(H,23,26)/t18-,19+/m1/s1. The Labute approximate surface area is 167 Å². The first-order valence-corrected chi connectivity index (χ1v) is 9.87. The predicted octanol–water partition coefficient (Wildman–Crippen LogP) is 3.75. The number of para-hydroxylation sites is 1. The van der Waals surface area contributed by atoms with Crippen LogP contribution in [-0.4, -0.2) is 27.4 Å². The van der Waals surface area contributed by atoms with Gasteiger partial charge in [0.2, 0.25) is 5.91 Å². The van der Waals surface area contributed by atoms with E-state index in [4.69, 9.17) is 12.2 Å². The lowest BCUT2D eigenvalue weighted by Gasteiger charge is -2.26. The summed E-state index contributed by atoms with van der Waals surface area (Å²) in [6.07, 6.45) is 1.77. The van der Waals surface area contributed by atoms with E-state index in [9.17, 15) is 4.79 Å². The molecule has 4 rings (SSSR count).